The Labute approximate surface area is 108 Å². The number of hydrogen-bond donors (Lipinski definition) is 1. The van der Waals surface area contributed by atoms with Crippen LogP contribution in [0.3, 0.4) is 0 Å². The minimum absolute atomic E-state index is 0.606. The van der Waals surface area contributed by atoms with Gasteiger partial charge in [-0.25, -0.2) is 0 Å². The lowest BCUT2D eigenvalue weighted by atomic mass is 10.0. The van der Waals surface area contributed by atoms with E-state index in [0.29, 0.717) is 6.04 Å². The molecule has 0 amide bonds. The van der Waals surface area contributed by atoms with Gasteiger partial charge in [-0.3, -0.25) is 0 Å². The van der Waals surface area contributed by atoms with Gasteiger partial charge in [0.2, 0.25) is 0 Å². The molecule has 1 fully saturated rings. The topological polar surface area (TPSA) is 15.3 Å². The molecule has 0 aromatic heterocycles. The van der Waals surface area contributed by atoms with Gasteiger partial charge < -0.3 is 10.2 Å². The van der Waals surface area contributed by atoms with Crippen molar-refractivity contribution in [2.45, 2.75) is 71.4 Å². The summed E-state index contributed by atoms with van der Waals surface area (Å²) in [6.07, 6.45) is 8.45. The lowest BCUT2D eigenvalue weighted by molar-refractivity contribution is 0.189. The average molecular weight is 240 g/mol. The van der Waals surface area contributed by atoms with Crippen LogP contribution >= 0.6 is 0 Å². The molecule has 0 bridgehead atoms. The van der Waals surface area contributed by atoms with Gasteiger partial charge in [-0.05, 0) is 32.2 Å². The van der Waals surface area contributed by atoms with E-state index >= 15 is 0 Å². The zero-order valence-electron chi connectivity index (χ0n) is 12.3. The first kappa shape index (κ1) is 15.0. The Hall–Kier alpha value is -0.0800. The summed E-state index contributed by atoms with van der Waals surface area (Å²) >= 11 is 0. The number of nitrogens with zero attached hydrogens (tertiary/aromatic N) is 1. The van der Waals surface area contributed by atoms with Gasteiger partial charge >= 0.3 is 0 Å². The third kappa shape index (κ3) is 5.87. The largest absolute Gasteiger partial charge is 0.313 e. The summed E-state index contributed by atoms with van der Waals surface area (Å²) in [5, 5.41) is 3.59. The molecule has 2 heteroatoms. The zero-order chi connectivity index (χ0) is 12.7. The molecule has 2 nitrogen and oxygen atoms in total. The highest BCUT2D eigenvalue weighted by Gasteiger charge is 2.21. The van der Waals surface area contributed by atoms with Crippen LogP contribution in [0, 0.1) is 5.92 Å². The second-order valence-electron chi connectivity index (χ2n) is 6.10. The van der Waals surface area contributed by atoms with E-state index in [1.807, 2.05) is 0 Å². The van der Waals surface area contributed by atoms with Crippen molar-refractivity contribution >= 4 is 0 Å². The second-order valence-corrected chi connectivity index (χ2v) is 6.10. The van der Waals surface area contributed by atoms with Crippen molar-refractivity contribution in [2.75, 3.05) is 20.1 Å². The first-order chi connectivity index (χ1) is 8.13. The molecule has 1 unspecified atom stereocenters. The molecule has 1 aliphatic carbocycles. The smallest absolute Gasteiger partial charge is 0.0217 e. The number of likely N-dealkylation sites (N-methyl/N-ethyl adjacent to an activating group) is 1. The summed E-state index contributed by atoms with van der Waals surface area (Å²) in [6, 6.07) is 1.33. The van der Waals surface area contributed by atoms with E-state index in [-0.39, 0.29) is 0 Å². The highest BCUT2D eigenvalue weighted by Crippen LogP contribution is 2.25. The summed E-state index contributed by atoms with van der Waals surface area (Å²) in [6.45, 7) is 9.23. The summed E-state index contributed by atoms with van der Waals surface area (Å²) in [5.74, 6) is 0.971. The van der Waals surface area contributed by atoms with Gasteiger partial charge in [-0.15, -0.1) is 0 Å². The fourth-order valence-electron chi connectivity index (χ4n) is 2.93. The van der Waals surface area contributed by atoms with Crippen molar-refractivity contribution in [1.29, 1.82) is 0 Å². The monoisotopic (exact) mass is 240 g/mol. The molecule has 0 saturated heterocycles. The maximum atomic E-state index is 3.59. The molecule has 1 atom stereocenters. The Bertz CT molecular complexity index is 185. The van der Waals surface area contributed by atoms with E-state index in [1.54, 1.807) is 0 Å². The van der Waals surface area contributed by atoms with Crippen LogP contribution in [0.25, 0.3) is 0 Å². The van der Waals surface area contributed by atoms with Gasteiger partial charge in [-0.1, -0.05) is 40.0 Å². The Morgan fingerprint density at radius 3 is 2.41 bits per heavy atom. The first-order valence-electron chi connectivity index (χ1n) is 7.57. The van der Waals surface area contributed by atoms with Crippen LogP contribution in [0.5, 0.6) is 0 Å². The Balaban J connectivity index is 2.32. The SMILES string of the molecule is CCCC(CNC(C)C)N(C)CC1CCCC1. The summed E-state index contributed by atoms with van der Waals surface area (Å²) in [5.41, 5.74) is 0. The van der Waals surface area contributed by atoms with Crippen LogP contribution in [0.2, 0.25) is 0 Å². The minimum Gasteiger partial charge on any atom is -0.313 e. The maximum Gasteiger partial charge on any atom is 0.0217 e. The van der Waals surface area contributed by atoms with E-state index in [9.17, 15) is 0 Å². The molecule has 1 rings (SSSR count). The molecule has 1 saturated carbocycles. The third-order valence-corrected chi connectivity index (χ3v) is 4.03. The van der Waals surface area contributed by atoms with E-state index in [0.717, 1.165) is 18.5 Å². The number of rotatable bonds is 8. The van der Waals surface area contributed by atoms with Gasteiger partial charge in [0.05, 0.1) is 0 Å². The summed E-state index contributed by atoms with van der Waals surface area (Å²) in [4.78, 5) is 2.61. The standard InChI is InChI=1S/C15H32N2/c1-5-8-15(11-16-13(2)3)17(4)12-14-9-6-7-10-14/h13-16H,5-12H2,1-4H3. The van der Waals surface area contributed by atoms with Gasteiger partial charge in [-0.2, -0.15) is 0 Å². The van der Waals surface area contributed by atoms with Crippen molar-refractivity contribution in [3.05, 3.63) is 0 Å². The number of nitrogens with one attached hydrogen (secondary N) is 1. The fraction of sp³-hybridized carbons (Fsp3) is 1.00. The molecule has 0 radical (unpaired) electrons. The molecule has 1 N–H and O–H groups in total. The average Bonchev–Trinajstić information content (AvgIpc) is 2.76. The summed E-state index contributed by atoms with van der Waals surface area (Å²) in [7, 11) is 2.32. The van der Waals surface area contributed by atoms with Crippen molar-refractivity contribution < 1.29 is 0 Å². The van der Waals surface area contributed by atoms with Gasteiger partial charge in [0.25, 0.3) is 0 Å². The quantitative estimate of drug-likeness (QED) is 0.700. The molecular formula is C15H32N2. The van der Waals surface area contributed by atoms with Crippen LogP contribution < -0.4 is 5.32 Å². The predicted octanol–water partition coefficient (Wildman–Crippen LogP) is 3.28. The third-order valence-electron chi connectivity index (χ3n) is 4.03. The fourth-order valence-corrected chi connectivity index (χ4v) is 2.93. The molecule has 0 heterocycles. The maximum absolute atomic E-state index is 3.59. The molecule has 0 aromatic rings. The van der Waals surface area contributed by atoms with Crippen LogP contribution in [0.1, 0.15) is 59.3 Å². The Morgan fingerprint density at radius 1 is 1.24 bits per heavy atom. The first-order valence-corrected chi connectivity index (χ1v) is 7.57. The lowest BCUT2D eigenvalue weighted by Gasteiger charge is -2.31. The molecule has 17 heavy (non-hydrogen) atoms. The van der Waals surface area contributed by atoms with E-state index in [1.165, 1.54) is 45.1 Å². The highest BCUT2D eigenvalue weighted by atomic mass is 15.2. The molecule has 0 aromatic carbocycles. The van der Waals surface area contributed by atoms with E-state index in [2.05, 4.69) is 38.0 Å². The minimum atomic E-state index is 0.606. The van der Waals surface area contributed by atoms with Crippen LogP contribution in [0.4, 0.5) is 0 Å². The molecule has 0 spiro atoms. The van der Waals surface area contributed by atoms with Crippen LogP contribution in [-0.2, 0) is 0 Å². The lowest BCUT2D eigenvalue weighted by Crippen LogP contribution is -2.43. The molecule has 0 aliphatic heterocycles. The van der Waals surface area contributed by atoms with Crippen LogP contribution in [-0.4, -0.2) is 37.1 Å². The second kappa shape index (κ2) is 8.10. The van der Waals surface area contributed by atoms with Gasteiger partial charge in [0, 0.05) is 25.2 Å². The van der Waals surface area contributed by atoms with Crippen molar-refractivity contribution in [1.82, 2.24) is 10.2 Å². The van der Waals surface area contributed by atoms with E-state index in [4.69, 9.17) is 0 Å². The van der Waals surface area contributed by atoms with Crippen molar-refractivity contribution in [2.24, 2.45) is 5.92 Å². The Kier molecular flexibility index (Phi) is 7.14. The van der Waals surface area contributed by atoms with Crippen molar-refractivity contribution in [3.63, 3.8) is 0 Å². The van der Waals surface area contributed by atoms with Crippen molar-refractivity contribution in [3.8, 4) is 0 Å². The van der Waals surface area contributed by atoms with E-state index < -0.39 is 0 Å². The highest BCUT2D eigenvalue weighted by molar-refractivity contribution is 4.77. The molecular weight excluding hydrogens is 208 g/mol. The predicted molar refractivity (Wildman–Crippen MR) is 76.4 cm³/mol. The molecule has 102 valence electrons. The Morgan fingerprint density at radius 2 is 1.88 bits per heavy atom. The number of hydrogen-bond acceptors (Lipinski definition) is 2. The van der Waals surface area contributed by atoms with Gasteiger partial charge in [0.15, 0.2) is 0 Å². The zero-order valence-corrected chi connectivity index (χ0v) is 12.3. The van der Waals surface area contributed by atoms with Crippen LogP contribution in [0.15, 0.2) is 0 Å². The normalized spacial score (nSPS) is 19.4. The molecule has 1 aliphatic rings. The van der Waals surface area contributed by atoms with Gasteiger partial charge in [0.1, 0.15) is 0 Å². The summed E-state index contributed by atoms with van der Waals surface area (Å²) < 4.78 is 0.